The van der Waals surface area contributed by atoms with E-state index in [2.05, 4.69) is 0 Å². The summed E-state index contributed by atoms with van der Waals surface area (Å²) in [5, 5.41) is 10.9. The van der Waals surface area contributed by atoms with Gasteiger partial charge in [-0.05, 0) is 6.07 Å². The van der Waals surface area contributed by atoms with Gasteiger partial charge in [0.1, 0.15) is 5.69 Å². The standard InChI is InChI=1S/C11H11F3N2O2S/c12-11(13,14)8-2-1-3-9(16(17)18)10(8)15-4-6-19-7-5-15/h1-3H,4-7H2. The van der Waals surface area contributed by atoms with Crippen molar-refractivity contribution < 1.29 is 18.1 Å². The molecule has 1 aliphatic heterocycles. The monoisotopic (exact) mass is 292 g/mol. The van der Waals surface area contributed by atoms with Crippen LogP contribution >= 0.6 is 11.8 Å². The van der Waals surface area contributed by atoms with Crippen molar-refractivity contribution in [3.05, 3.63) is 33.9 Å². The third-order valence-corrected chi connectivity index (χ3v) is 3.79. The van der Waals surface area contributed by atoms with Crippen molar-refractivity contribution in [3.63, 3.8) is 0 Å². The molecule has 1 aromatic rings. The summed E-state index contributed by atoms with van der Waals surface area (Å²) in [7, 11) is 0. The van der Waals surface area contributed by atoms with Crippen molar-refractivity contribution in [1.82, 2.24) is 0 Å². The van der Waals surface area contributed by atoms with Crippen LogP contribution in [0.4, 0.5) is 24.5 Å². The zero-order valence-corrected chi connectivity index (χ0v) is 10.6. The molecule has 0 radical (unpaired) electrons. The van der Waals surface area contributed by atoms with Crippen LogP contribution in [0.15, 0.2) is 18.2 Å². The van der Waals surface area contributed by atoms with Crippen LogP contribution < -0.4 is 4.90 Å². The lowest BCUT2D eigenvalue weighted by atomic mass is 10.1. The molecule has 2 rings (SSSR count). The van der Waals surface area contributed by atoms with Crippen molar-refractivity contribution in [2.75, 3.05) is 29.5 Å². The number of hydrogen-bond acceptors (Lipinski definition) is 4. The minimum absolute atomic E-state index is 0.305. The quantitative estimate of drug-likeness (QED) is 0.620. The zero-order chi connectivity index (χ0) is 14.0. The van der Waals surface area contributed by atoms with Crippen molar-refractivity contribution in [2.24, 2.45) is 0 Å². The van der Waals surface area contributed by atoms with Gasteiger partial charge in [-0.15, -0.1) is 0 Å². The molecule has 0 atom stereocenters. The molecule has 0 amide bonds. The lowest BCUT2D eigenvalue weighted by molar-refractivity contribution is -0.384. The Morgan fingerprint density at radius 2 is 1.89 bits per heavy atom. The number of halogens is 3. The van der Waals surface area contributed by atoms with Gasteiger partial charge in [0.2, 0.25) is 0 Å². The lowest BCUT2D eigenvalue weighted by Gasteiger charge is -2.30. The molecule has 1 aromatic carbocycles. The van der Waals surface area contributed by atoms with Gasteiger partial charge in [-0.3, -0.25) is 10.1 Å². The smallest absolute Gasteiger partial charge is 0.364 e. The first kappa shape index (κ1) is 14.0. The van der Waals surface area contributed by atoms with E-state index in [-0.39, 0.29) is 5.69 Å². The Labute approximate surface area is 111 Å². The predicted molar refractivity (Wildman–Crippen MR) is 67.6 cm³/mol. The largest absolute Gasteiger partial charge is 0.418 e. The first-order chi connectivity index (χ1) is 8.91. The van der Waals surface area contributed by atoms with Crippen LogP contribution in [0.2, 0.25) is 0 Å². The molecule has 1 fully saturated rings. The van der Waals surface area contributed by atoms with Crippen molar-refractivity contribution in [1.29, 1.82) is 0 Å². The van der Waals surface area contributed by atoms with E-state index in [1.165, 1.54) is 4.90 Å². The second kappa shape index (κ2) is 5.28. The maximum absolute atomic E-state index is 13.0. The molecule has 0 bridgehead atoms. The third-order valence-electron chi connectivity index (χ3n) is 2.84. The lowest BCUT2D eigenvalue weighted by Crippen LogP contribution is -2.34. The summed E-state index contributed by atoms with van der Waals surface area (Å²) in [4.78, 5) is 11.6. The Morgan fingerprint density at radius 3 is 2.42 bits per heavy atom. The summed E-state index contributed by atoms with van der Waals surface area (Å²) < 4.78 is 39.0. The van der Waals surface area contributed by atoms with Crippen LogP contribution in [0.1, 0.15) is 5.56 Å². The molecule has 0 unspecified atom stereocenters. The van der Waals surface area contributed by atoms with Crippen molar-refractivity contribution in [2.45, 2.75) is 6.18 Å². The fourth-order valence-electron chi connectivity index (χ4n) is 2.03. The van der Waals surface area contributed by atoms with Gasteiger partial charge in [0.05, 0.1) is 10.5 Å². The molecule has 0 N–H and O–H groups in total. The molecule has 0 aromatic heterocycles. The van der Waals surface area contributed by atoms with E-state index < -0.39 is 22.4 Å². The Balaban J connectivity index is 2.55. The fourth-order valence-corrected chi connectivity index (χ4v) is 2.93. The van der Waals surface area contributed by atoms with E-state index in [1.54, 1.807) is 11.8 Å². The molecule has 0 saturated carbocycles. The molecule has 0 aliphatic carbocycles. The molecule has 4 nitrogen and oxygen atoms in total. The third kappa shape index (κ3) is 2.94. The van der Waals surface area contributed by atoms with Crippen LogP contribution in [0.3, 0.4) is 0 Å². The molecule has 19 heavy (non-hydrogen) atoms. The molecule has 8 heteroatoms. The van der Waals surface area contributed by atoms with Crippen LogP contribution in [0.25, 0.3) is 0 Å². The van der Waals surface area contributed by atoms with E-state index in [9.17, 15) is 23.3 Å². The number of nitro groups is 1. The molecule has 104 valence electrons. The van der Waals surface area contributed by atoms with E-state index in [0.717, 1.165) is 18.2 Å². The minimum Gasteiger partial charge on any atom is -0.364 e. The number of benzene rings is 1. The number of thioether (sulfide) groups is 1. The van der Waals surface area contributed by atoms with Crippen LogP contribution in [0.5, 0.6) is 0 Å². The first-order valence-electron chi connectivity index (χ1n) is 5.58. The van der Waals surface area contributed by atoms with E-state index >= 15 is 0 Å². The van der Waals surface area contributed by atoms with Gasteiger partial charge in [-0.25, -0.2) is 0 Å². The van der Waals surface area contributed by atoms with Gasteiger partial charge >= 0.3 is 6.18 Å². The van der Waals surface area contributed by atoms with Gasteiger partial charge < -0.3 is 4.90 Å². The summed E-state index contributed by atoms with van der Waals surface area (Å²) in [6, 6.07) is 3.08. The summed E-state index contributed by atoms with van der Waals surface area (Å²) in [6.45, 7) is 0.775. The highest BCUT2D eigenvalue weighted by molar-refractivity contribution is 7.99. The van der Waals surface area contributed by atoms with Gasteiger partial charge in [0.25, 0.3) is 5.69 Å². The predicted octanol–water partition coefficient (Wildman–Crippen LogP) is 3.17. The number of para-hydroxylation sites is 1. The van der Waals surface area contributed by atoms with Gasteiger partial charge in [0.15, 0.2) is 0 Å². The Hall–Kier alpha value is -1.44. The topological polar surface area (TPSA) is 46.4 Å². The first-order valence-corrected chi connectivity index (χ1v) is 6.74. The Kier molecular flexibility index (Phi) is 3.88. The van der Waals surface area contributed by atoms with E-state index in [4.69, 9.17) is 0 Å². The zero-order valence-electron chi connectivity index (χ0n) is 9.81. The normalized spacial score (nSPS) is 16.5. The number of nitro benzene ring substituents is 1. The number of nitrogens with zero attached hydrogens (tertiary/aromatic N) is 2. The second-order valence-corrected chi connectivity index (χ2v) is 5.25. The second-order valence-electron chi connectivity index (χ2n) is 4.03. The summed E-state index contributed by atoms with van der Waals surface area (Å²) >= 11 is 1.63. The molecule has 1 heterocycles. The van der Waals surface area contributed by atoms with Crippen LogP contribution in [0, 0.1) is 10.1 Å². The minimum atomic E-state index is -4.59. The van der Waals surface area contributed by atoms with Gasteiger partial charge in [-0.1, -0.05) is 6.07 Å². The highest BCUT2D eigenvalue weighted by Gasteiger charge is 2.38. The average Bonchev–Trinajstić information content (AvgIpc) is 2.37. The fraction of sp³-hybridized carbons (Fsp3) is 0.455. The number of hydrogen-bond donors (Lipinski definition) is 0. The molecule has 0 spiro atoms. The van der Waals surface area contributed by atoms with Crippen molar-refractivity contribution in [3.8, 4) is 0 Å². The number of rotatable bonds is 2. The Bertz CT molecular complexity index is 487. The molecular formula is C11H11F3N2O2S. The van der Waals surface area contributed by atoms with Crippen LogP contribution in [-0.2, 0) is 6.18 Å². The molecule has 1 saturated heterocycles. The van der Waals surface area contributed by atoms with Crippen molar-refractivity contribution >= 4 is 23.1 Å². The number of anilines is 1. The molecule has 1 aliphatic rings. The maximum atomic E-state index is 13.0. The average molecular weight is 292 g/mol. The number of alkyl halides is 3. The van der Waals surface area contributed by atoms with Gasteiger partial charge in [0, 0.05) is 30.7 Å². The van der Waals surface area contributed by atoms with E-state index in [1.807, 2.05) is 0 Å². The summed E-state index contributed by atoms with van der Waals surface area (Å²) in [5.41, 5.74) is -1.73. The van der Waals surface area contributed by atoms with Gasteiger partial charge in [-0.2, -0.15) is 24.9 Å². The maximum Gasteiger partial charge on any atom is 0.418 e. The Morgan fingerprint density at radius 1 is 1.26 bits per heavy atom. The molecular weight excluding hydrogens is 281 g/mol. The summed E-state index contributed by atoms with van der Waals surface area (Å²) in [5.74, 6) is 1.34. The summed E-state index contributed by atoms with van der Waals surface area (Å²) in [6.07, 6.45) is -4.59. The van der Waals surface area contributed by atoms with Crippen LogP contribution in [-0.4, -0.2) is 29.5 Å². The highest BCUT2D eigenvalue weighted by atomic mass is 32.2. The highest BCUT2D eigenvalue weighted by Crippen LogP contribution is 2.42. The van der Waals surface area contributed by atoms with E-state index in [0.29, 0.717) is 24.6 Å². The SMILES string of the molecule is O=[N+]([O-])c1cccc(C(F)(F)F)c1N1CCSCC1.